The topological polar surface area (TPSA) is 131 Å². The van der Waals surface area contributed by atoms with Crippen molar-refractivity contribution in [3.8, 4) is 0 Å². The van der Waals surface area contributed by atoms with Gasteiger partial charge in [0.25, 0.3) is 5.91 Å². The largest absolute Gasteiger partial charge is 0.481 e. The van der Waals surface area contributed by atoms with Crippen LogP contribution in [0.4, 0.5) is 0 Å². The fourth-order valence-corrected chi connectivity index (χ4v) is 4.20. The van der Waals surface area contributed by atoms with Crippen LogP contribution in [0.2, 0.25) is 0 Å². The van der Waals surface area contributed by atoms with Crippen LogP contribution in [0.1, 0.15) is 34.7 Å². The first-order valence-corrected chi connectivity index (χ1v) is 9.91. The van der Waals surface area contributed by atoms with Gasteiger partial charge in [-0.2, -0.15) is 0 Å². The molecule has 1 aromatic carbocycles. The summed E-state index contributed by atoms with van der Waals surface area (Å²) in [7, 11) is -3.98. The maximum absolute atomic E-state index is 12.7. The minimum absolute atomic E-state index is 0.0435. The summed E-state index contributed by atoms with van der Waals surface area (Å²) in [6.07, 6.45) is 0.500. The predicted octanol–water partition coefficient (Wildman–Crippen LogP) is 1.49. The summed E-state index contributed by atoms with van der Waals surface area (Å²) >= 11 is 0. The van der Waals surface area contributed by atoms with Crippen molar-refractivity contribution in [2.45, 2.75) is 30.1 Å². The Morgan fingerprint density at radius 2 is 1.78 bits per heavy atom. The van der Waals surface area contributed by atoms with E-state index in [1.54, 1.807) is 24.3 Å². The van der Waals surface area contributed by atoms with Crippen molar-refractivity contribution in [1.29, 1.82) is 0 Å². The first kappa shape index (κ1) is 19.1. The fourth-order valence-electron chi connectivity index (χ4n) is 3.48. The van der Waals surface area contributed by atoms with Crippen LogP contribution >= 0.6 is 0 Å². The monoisotopic (exact) mass is 392 g/mol. The van der Waals surface area contributed by atoms with Crippen LogP contribution in [0.5, 0.6) is 0 Å². The highest BCUT2D eigenvalue weighted by Crippen LogP contribution is 2.36. The zero-order valence-electron chi connectivity index (χ0n) is 14.7. The van der Waals surface area contributed by atoms with Gasteiger partial charge in [-0.3, -0.25) is 9.59 Å². The number of aryl methyl sites for hydroxylation is 1. The van der Waals surface area contributed by atoms with E-state index in [9.17, 15) is 23.1 Å². The molecule has 2 aromatic rings. The number of likely N-dealkylation sites (tertiary alicyclic amines) is 1. The van der Waals surface area contributed by atoms with Gasteiger partial charge in [-0.25, -0.2) is 13.6 Å². The SMILES string of the molecule is Cc1oc(C(=O)N2CCC(C(=O)O)(c3ccccc3)CC2)cc1S(N)(=O)=O. The Labute approximate surface area is 156 Å². The molecule has 1 aromatic heterocycles. The lowest BCUT2D eigenvalue weighted by Gasteiger charge is -2.38. The summed E-state index contributed by atoms with van der Waals surface area (Å²) in [5.41, 5.74) is -0.349. The van der Waals surface area contributed by atoms with Gasteiger partial charge in [0.15, 0.2) is 5.76 Å². The van der Waals surface area contributed by atoms with Crippen molar-refractivity contribution in [2.24, 2.45) is 5.14 Å². The number of piperidine rings is 1. The minimum atomic E-state index is -3.98. The molecule has 1 amide bonds. The Hall–Kier alpha value is -2.65. The van der Waals surface area contributed by atoms with E-state index in [1.165, 1.54) is 11.8 Å². The van der Waals surface area contributed by atoms with Crippen LogP contribution in [0.15, 0.2) is 45.7 Å². The summed E-state index contributed by atoms with van der Waals surface area (Å²) in [4.78, 5) is 25.9. The summed E-state index contributed by atoms with van der Waals surface area (Å²) in [6, 6.07) is 10.1. The number of nitrogens with zero attached hydrogens (tertiary/aromatic N) is 1. The molecule has 2 heterocycles. The molecule has 3 N–H and O–H groups in total. The van der Waals surface area contributed by atoms with E-state index in [-0.39, 0.29) is 42.3 Å². The molecule has 8 nitrogen and oxygen atoms in total. The average Bonchev–Trinajstić information content (AvgIpc) is 3.04. The Kier molecular flexibility index (Phi) is 4.83. The van der Waals surface area contributed by atoms with Crippen molar-refractivity contribution < 1.29 is 27.5 Å². The molecule has 0 aliphatic carbocycles. The second-order valence-corrected chi connectivity index (χ2v) is 8.15. The number of carbonyl (C=O) groups excluding carboxylic acids is 1. The number of rotatable bonds is 4. The van der Waals surface area contributed by atoms with E-state index in [0.29, 0.717) is 5.56 Å². The zero-order chi connectivity index (χ0) is 19.8. The van der Waals surface area contributed by atoms with Crippen molar-refractivity contribution >= 4 is 21.9 Å². The van der Waals surface area contributed by atoms with Crippen molar-refractivity contribution in [3.63, 3.8) is 0 Å². The highest BCUT2D eigenvalue weighted by molar-refractivity contribution is 7.89. The highest BCUT2D eigenvalue weighted by Gasteiger charge is 2.44. The van der Waals surface area contributed by atoms with Crippen LogP contribution < -0.4 is 5.14 Å². The number of nitrogens with two attached hydrogens (primary N) is 1. The molecule has 27 heavy (non-hydrogen) atoms. The molecule has 144 valence electrons. The third-order valence-corrected chi connectivity index (χ3v) is 6.05. The third kappa shape index (κ3) is 3.47. The third-order valence-electron chi connectivity index (χ3n) is 5.03. The Morgan fingerprint density at radius 3 is 2.26 bits per heavy atom. The van der Waals surface area contributed by atoms with E-state index in [2.05, 4.69) is 0 Å². The highest BCUT2D eigenvalue weighted by atomic mass is 32.2. The number of primary sulfonamides is 1. The zero-order valence-corrected chi connectivity index (χ0v) is 15.5. The molecule has 0 radical (unpaired) electrons. The number of hydrogen-bond acceptors (Lipinski definition) is 5. The molecule has 0 saturated carbocycles. The van der Waals surface area contributed by atoms with E-state index in [1.807, 2.05) is 6.07 Å². The van der Waals surface area contributed by atoms with Crippen LogP contribution in [-0.4, -0.2) is 43.4 Å². The first-order chi connectivity index (χ1) is 12.6. The van der Waals surface area contributed by atoms with E-state index >= 15 is 0 Å². The van der Waals surface area contributed by atoms with Gasteiger partial charge >= 0.3 is 5.97 Å². The van der Waals surface area contributed by atoms with E-state index in [0.717, 1.165) is 6.07 Å². The molecule has 0 spiro atoms. The van der Waals surface area contributed by atoms with Crippen molar-refractivity contribution in [1.82, 2.24) is 4.90 Å². The van der Waals surface area contributed by atoms with Gasteiger partial charge in [0.05, 0.1) is 5.41 Å². The van der Waals surface area contributed by atoms with Crippen LogP contribution in [-0.2, 0) is 20.2 Å². The lowest BCUT2D eigenvalue weighted by Crippen LogP contribution is -2.49. The number of sulfonamides is 1. The quantitative estimate of drug-likeness (QED) is 0.810. The number of carboxylic acid groups (broad SMARTS) is 1. The number of hydrogen-bond donors (Lipinski definition) is 2. The molecular formula is C18H20N2O6S. The molecular weight excluding hydrogens is 372 g/mol. The predicted molar refractivity (Wildman–Crippen MR) is 95.7 cm³/mol. The Balaban J connectivity index is 1.81. The number of carbonyl (C=O) groups is 2. The summed E-state index contributed by atoms with van der Waals surface area (Å²) in [6.45, 7) is 1.84. The number of benzene rings is 1. The Bertz CT molecular complexity index is 973. The van der Waals surface area contributed by atoms with Gasteiger partial charge < -0.3 is 14.4 Å². The minimum Gasteiger partial charge on any atom is -0.481 e. The molecule has 0 unspecified atom stereocenters. The number of furan rings is 1. The average molecular weight is 392 g/mol. The number of aliphatic carboxylic acids is 1. The maximum atomic E-state index is 12.7. The molecule has 0 atom stereocenters. The molecule has 1 aliphatic rings. The van der Waals surface area contributed by atoms with Gasteiger partial charge in [-0.1, -0.05) is 30.3 Å². The molecule has 1 fully saturated rings. The van der Waals surface area contributed by atoms with E-state index < -0.39 is 27.3 Å². The van der Waals surface area contributed by atoms with Crippen molar-refractivity contribution in [3.05, 3.63) is 53.5 Å². The van der Waals surface area contributed by atoms with Crippen LogP contribution in [0.3, 0.4) is 0 Å². The number of carboxylic acids is 1. The lowest BCUT2D eigenvalue weighted by molar-refractivity contribution is -0.145. The van der Waals surface area contributed by atoms with Gasteiger partial charge in [0.2, 0.25) is 10.0 Å². The summed E-state index contributed by atoms with van der Waals surface area (Å²) in [5.74, 6) is -1.49. The normalized spacial score (nSPS) is 16.9. The standard InChI is InChI=1S/C18H20N2O6S/c1-12-15(27(19,24)25)11-14(26-12)16(21)20-9-7-18(8-10-20,17(22)23)13-5-3-2-4-6-13/h2-6,11H,7-10H2,1H3,(H,22,23)(H2,19,24,25). The van der Waals surface area contributed by atoms with Gasteiger partial charge in [0.1, 0.15) is 10.7 Å². The van der Waals surface area contributed by atoms with E-state index in [4.69, 9.17) is 9.56 Å². The van der Waals surface area contributed by atoms with Gasteiger partial charge in [0, 0.05) is 19.2 Å². The van der Waals surface area contributed by atoms with Gasteiger partial charge in [-0.05, 0) is 25.3 Å². The van der Waals surface area contributed by atoms with Crippen LogP contribution in [0.25, 0.3) is 0 Å². The first-order valence-electron chi connectivity index (χ1n) is 8.36. The molecule has 1 saturated heterocycles. The molecule has 9 heteroatoms. The summed E-state index contributed by atoms with van der Waals surface area (Å²) in [5, 5.41) is 14.9. The fraction of sp³-hybridized carbons (Fsp3) is 0.333. The molecule has 0 bridgehead atoms. The lowest BCUT2D eigenvalue weighted by atomic mass is 9.73. The van der Waals surface area contributed by atoms with Gasteiger partial charge in [-0.15, -0.1) is 0 Å². The molecule has 3 rings (SSSR count). The molecule has 1 aliphatic heterocycles. The second-order valence-electron chi connectivity index (χ2n) is 6.62. The smallest absolute Gasteiger partial charge is 0.314 e. The summed E-state index contributed by atoms with van der Waals surface area (Å²) < 4.78 is 28.3. The van der Waals surface area contributed by atoms with Crippen LogP contribution in [0, 0.1) is 6.92 Å². The maximum Gasteiger partial charge on any atom is 0.314 e. The van der Waals surface area contributed by atoms with Crippen molar-refractivity contribution in [2.75, 3.05) is 13.1 Å². The Morgan fingerprint density at radius 1 is 1.19 bits per heavy atom. The number of amides is 1. The second kappa shape index (κ2) is 6.82.